The maximum Gasteiger partial charge on any atom is 0.0329 e. The number of hydrogen-bond acceptors (Lipinski definition) is 2. The fraction of sp³-hybridized carbons (Fsp3) is 0.500. The van der Waals surface area contributed by atoms with E-state index in [0.29, 0.717) is 24.2 Å². The Hall–Kier alpha value is -1.64. The summed E-state index contributed by atoms with van der Waals surface area (Å²) in [6, 6.07) is 20.4. The maximum absolute atomic E-state index is 4.06. The largest absolute Gasteiger partial charge is 0.306 e. The standard InChI is InChI=1S/C24H30N2/c1-3-9-19-17(7-1)13-15-21(19)25-23-11-5-6-12-24(23)26-22-16-14-18-8-2-4-10-20(18)22/h1-4,7-10,21-26H,5-6,11-16H2/t21?,22?,23-,24-/m1/s1. The monoisotopic (exact) mass is 346 g/mol. The zero-order valence-electron chi connectivity index (χ0n) is 15.6. The third kappa shape index (κ3) is 3.10. The molecule has 3 aliphatic rings. The van der Waals surface area contributed by atoms with Gasteiger partial charge in [-0.15, -0.1) is 0 Å². The molecule has 26 heavy (non-hydrogen) atoms. The maximum atomic E-state index is 4.06. The van der Waals surface area contributed by atoms with Gasteiger partial charge in [-0.05, 0) is 60.8 Å². The molecule has 0 aromatic heterocycles. The van der Waals surface area contributed by atoms with Crippen LogP contribution >= 0.6 is 0 Å². The van der Waals surface area contributed by atoms with Gasteiger partial charge in [-0.1, -0.05) is 61.4 Å². The fourth-order valence-corrected chi connectivity index (χ4v) is 5.51. The summed E-state index contributed by atoms with van der Waals surface area (Å²) in [6.07, 6.45) is 10.3. The second kappa shape index (κ2) is 7.17. The van der Waals surface area contributed by atoms with E-state index in [1.807, 2.05) is 0 Å². The highest BCUT2D eigenvalue weighted by atomic mass is 15.1. The average molecular weight is 347 g/mol. The predicted octanol–water partition coefficient (Wildman–Crippen LogP) is 4.85. The van der Waals surface area contributed by atoms with Crippen LogP contribution in [0.3, 0.4) is 0 Å². The first kappa shape index (κ1) is 16.5. The highest BCUT2D eigenvalue weighted by molar-refractivity contribution is 5.35. The molecule has 0 saturated heterocycles. The Morgan fingerprint density at radius 2 is 1.04 bits per heavy atom. The molecule has 3 aliphatic carbocycles. The summed E-state index contributed by atoms with van der Waals surface area (Å²) in [4.78, 5) is 0. The van der Waals surface area contributed by atoms with Gasteiger partial charge in [0.05, 0.1) is 0 Å². The van der Waals surface area contributed by atoms with Gasteiger partial charge in [0, 0.05) is 24.2 Å². The third-order valence-electron chi connectivity index (χ3n) is 6.86. The highest BCUT2D eigenvalue weighted by Crippen LogP contribution is 2.35. The van der Waals surface area contributed by atoms with E-state index in [1.54, 1.807) is 22.3 Å². The van der Waals surface area contributed by atoms with Gasteiger partial charge in [0.15, 0.2) is 0 Å². The van der Waals surface area contributed by atoms with Crippen molar-refractivity contribution < 1.29 is 0 Å². The van der Waals surface area contributed by atoms with Crippen molar-refractivity contribution >= 4 is 0 Å². The summed E-state index contributed by atoms with van der Waals surface area (Å²) in [5.74, 6) is 0. The van der Waals surface area contributed by atoms with Crippen LogP contribution in [0.5, 0.6) is 0 Å². The van der Waals surface area contributed by atoms with Crippen LogP contribution in [0.1, 0.15) is 72.9 Å². The molecular formula is C24H30N2. The van der Waals surface area contributed by atoms with Crippen LogP contribution in [0, 0.1) is 0 Å². The Morgan fingerprint density at radius 1 is 0.577 bits per heavy atom. The van der Waals surface area contributed by atoms with Crippen LogP contribution in [0.2, 0.25) is 0 Å². The lowest BCUT2D eigenvalue weighted by molar-refractivity contribution is 0.245. The Balaban J connectivity index is 1.30. The predicted molar refractivity (Wildman–Crippen MR) is 107 cm³/mol. The smallest absolute Gasteiger partial charge is 0.0329 e. The van der Waals surface area contributed by atoms with Crippen LogP contribution in [-0.2, 0) is 12.8 Å². The van der Waals surface area contributed by atoms with Crippen molar-refractivity contribution in [2.45, 2.75) is 75.5 Å². The zero-order valence-corrected chi connectivity index (χ0v) is 15.6. The van der Waals surface area contributed by atoms with Gasteiger partial charge in [-0.3, -0.25) is 0 Å². The number of nitrogens with one attached hydrogen (secondary N) is 2. The molecule has 2 nitrogen and oxygen atoms in total. The number of benzene rings is 2. The quantitative estimate of drug-likeness (QED) is 0.827. The lowest BCUT2D eigenvalue weighted by Gasteiger charge is -2.37. The normalized spacial score (nSPS) is 30.2. The van der Waals surface area contributed by atoms with E-state index in [2.05, 4.69) is 59.2 Å². The topological polar surface area (TPSA) is 24.1 Å². The minimum Gasteiger partial charge on any atom is -0.306 e. The molecule has 5 rings (SSSR count). The minimum atomic E-state index is 0.550. The Bertz CT molecular complexity index is 703. The van der Waals surface area contributed by atoms with Gasteiger partial charge in [-0.25, -0.2) is 0 Å². The van der Waals surface area contributed by atoms with Crippen molar-refractivity contribution in [2.75, 3.05) is 0 Å². The molecule has 2 heteroatoms. The van der Waals surface area contributed by atoms with Crippen LogP contribution in [-0.4, -0.2) is 12.1 Å². The second-order valence-electron chi connectivity index (χ2n) is 8.41. The van der Waals surface area contributed by atoms with Gasteiger partial charge in [-0.2, -0.15) is 0 Å². The number of aryl methyl sites for hydroxylation is 2. The number of hydrogen-bond donors (Lipinski definition) is 2. The highest BCUT2D eigenvalue weighted by Gasteiger charge is 2.33. The molecule has 0 amide bonds. The van der Waals surface area contributed by atoms with Crippen LogP contribution in [0.25, 0.3) is 0 Å². The first-order chi connectivity index (χ1) is 12.9. The summed E-state index contributed by atoms with van der Waals surface area (Å²) in [6.45, 7) is 0. The number of rotatable bonds is 4. The summed E-state index contributed by atoms with van der Waals surface area (Å²) < 4.78 is 0. The minimum absolute atomic E-state index is 0.550. The van der Waals surface area contributed by atoms with E-state index < -0.39 is 0 Å². The van der Waals surface area contributed by atoms with Gasteiger partial charge >= 0.3 is 0 Å². The van der Waals surface area contributed by atoms with E-state index in [4.69, 9.17) is 0 Å². The molecule has 2 unspecified atom stereocenters. The molecule has 0 bridgehead atoms. The van der Waals surface area contributed by atoms with Crippen LogP contribution in [0.15, 0.2) is 48.5 Å². The third-order valence-corrected chi connectivity index (χ3v) is 6.86. The van der Waals surface area contributed by atoms with Crippen molar-refractivity contribution in [2.24, 2.45) is 0 Å². The molecule has 0 aliphatic heterocycles. The van der Waals surface area contributed by atoms with Crippen molar-refractivity contribution in [1.82, 2.24) is 10.6 Å². The second-order valence-corrected chi connectivity index (χ2v) is 8.41. The van der Waals surface area contributed by atoms with E-state index in [0.717, 1.165) is 0 Å². The van der Waals surface area contributed by atoms with E-state index >= 15 is 0 Å². The summed E-state index contributed by atoms with van der Waals surface area (Å²) in [5.41, 5.74) is 6.19. The van der Waals surface area contributed by atoms with Crippen molar-refractivity contribution in [3.63, 3.8) is 0 Å². The van der Waals surface area contributed by atoms with Gasteiger partial charge in [0.1, 0.15) is 0 Å². The summed E-state index contributed by atoms with van der Waals surface area (Å²) in [7, 11) is 0. The van der Waals surface area contributed by atoms with E-state index in [-0.39, 0.29) is 0 Å². The fourth-order valence-electron chi connectivity index (χ4n) is 5.51. The lowest BCUT2D eigenvalue weighted by Crippen LogP contribution is -2.51. The van der Waals surface area contributed by atoms with E-state index in [9.17, 15) is 0 Å². The molecule has 136 valence electrons. The Labute approximate surface area is 157 Å². The average Bonchev–Trinajstić information content (AvgIpc) is 3.28. The number of fused-ring (bicyclic) bond motifs is 2. The Kier molecular flexibility index (Phi) is 4.56. The van der Waals surface area contributed by atoms with Crippen molar-refractivity contribution in [3.8, 4) is 0 Å². The van der Waals surface area contributed by atoms with Gasteiger partial charge < -0.3 is 10.6 Å². The molecule has 0 heterocycles. The molecule has 1 saturated carbocycles. The molecule has 4 atom stereocenters. The first-order valence-corrected chi connectivity index (χ1v) is 10.6. The zero-order chi connectivity index (χ0) is 17.3. The van der Waals surface area contributed by atoms with Crippen molar-refractivity contribution in [3.05, 3.63) is 70.8 Å². The summed E-state index contributed by atoms with van der Waals surface area (Å²) in [5, 5.41) is 8.12. The molecule has 2 N–H and O–H groups in total. The van der Waals surface area contributed by atoms with Crippen LogP contribution < -0.4 is 10.6 Å². The van der Waals surface area contributed by atoms with E-state index in [1.165, 1.54) is 51.4 Å². The van der Waals surface area contributed by atoms with Gasteiger partial charge in [0.25, 0.3) is 0 Å². The molecule has 0 radical (unpaired) electrons. The summed E-state index contributed by atoms with van der Waals surface area (Å²) >= 11 is 0. The molecule has 2 aromatic carbocycles. The first-order valence-electron chi connectivity index (χ1n) is 10.6. The molecule has 2 aromatic rings. The lowest BCUT2D eigenvalue weighted by atomic mass is 9.88. The SMILES string of the molecule is c1ccc2c(c1)CCC2N[C@@H]1CCCC[C@H]1NC1CCc2ccccc21. The molecular weight excluding hydrogens is 316 g/mol. The van der Waals surface area contributed by atoms with Crippen molar-refractivity contribution in [1.29, 1.82) is 0 Å². The molecule has 0 spiro atoms. The molecule has 1 fully saturated rings. The van der Waals surface area contributed by atoms with Crippen LogP contribution in [0.4, 0.5) is 0 Å². The van der Waals surface area contributed by atoms with Gasteiger partial charge in [0.2, 0.25) is 0 Å². The Morgan fingerprint density at radius 3 is 1.54 bits per heavy atom.